The molecule has 0 bridgehead atoms. The Labute approximate surface area is 208 Å². The summed E-state index contributed by atoms with van der Waals surface area (Å²) in [6.45, 7) is 4.40. The second-order valence-electron chi connectivity index (χ2n) is 8.69. The molecule has 1 aromatic rings. The zero-order valence-electron chi connectivity index (χ0n) is 20.4. The van der Waals surface area contributed by atoms with Gasteiger partial charge in [-0.3, -0.25) is 19.3 Å². The van der Waals surface area contributed by atoms with Crippen molar-refractivity contribution in [1.29, 1.82) is 0 Å². The Balaban J connectivity index is 1.42. The minimum atomic E-state index is -1.09. The summed E-state index contributed by atoms with van der Waals surface area (Å²) in [4.78, 5) is 64.3. The van der Waals surface area contributed by atoms with Crippen molar-refractivity contribution in [2.45, 2.75) is 39.0 Å². The molecular formula is C24H31N3O9. The predicted molar refractivity (Wildman–Crippen MR) is 124 cm³/mol. The van der Waals surface area contributed by atoms with E-state index in [0.717, 1.165) is 0 Å². The largest absolute Gasteiger partial charge is 0.482 e. The molecule has 36 heavy (non-hydrogen) atoms. The highest BCUT2D eigenvalue weighted by Gasteiger charge is 2.33. The van der Waals surface area contributed by atoms with Gasteiger partial charge in [0.25, 0.3) is 0 Å². The van der Waals surface area contributed by atoms with Gasteiger partial charge >= 0.3 is 18.0 Å². The van der Waals surface area contributed by atoms with Crippen molar-refractivity contribution < 1.29 is 43.3 Å². The third kappa shape index (κ3) is 7.67. The van der Waals surface area contributed by atoms with Gasteiger partial charge in [-0.25, -0.2) is 9.59 Å². The minimum absolute atomic E-state index is 0.0349. The van der Waals surface area contributed by atoms with Gasteiger partial charge in [0.05, 0.1) is 13.1 Å². The molecule has 0 aromatic heterocycles. The molecule has 0 aliphatic carbocycles. The van der Waals surface area contributed by atoms with E-state index in [1.807, 2.05) is 0 Å². The summed E-state index contributed by atoms with van der Waals surface area (Å²) in [5.74, 6) is -1.62. The van der Waals surface area contributed by atoms with Crippen LogP contribution in [-0.4, -0.2) is 108 Å². The second kappa shape index (κ2) is 12.3. The smallest absolute Gasteiger partial charge is 0.412 e. The number of piperidine rings is 1. The van der Waals surface area contributed by atoms with Crippen LogP contribution in [0.5, 0.6) is 5.75 Å². The van der Waals surface area contributed by atoms with E-state index >= 15 is 0 Å². The number of hydrogen-bond donors (Lipinski definition) is 1. The normalized spacial score (nSPS) is 17.9. The van der Waals surface area contributed by atoms with Gasteiger partial charge in [0.15, 0.2) is 12.4 Å². The lowest BCUT2D eigenvalue weighted by Gasteiger charge is -2.42. The number of carbonyl (C=O) groups excluding carboxylic acids is 4. The second-order valence-corrected chi connectivity index (χ2v) is 8.69. The van der Waals surface area contributed by atoms with Crippen molar-refractivity contribution >= 4 is 29.7 Å². The summed E-state index contributed by atoms with van der Waals surface area (Å²) >= 11 is 0. The first-order valence-corrected chi connectivity index (χ1v) is 11.7. The third-order valence-electron chi connectivity index (χ3n) is 6.06. The summed E-state index contributed by atoms with van der Waals surface area (Å²) < 4.78 is 15.0. The molecule has 1 atom stereocenters. The Hall–Kier alpha value is -3.67. The van der Waals surface area contributed by atoms with E-state index in [2.05, 4.69) is 4.90 Å². The fourth-order valence-electron chi connectivity index (χ4n) is 4.24. The summed E-state index contributed by atoms with van der Waals surface area (Å²) in [5, 5.41) is 8.66. The number of carbonyl (C=O) groups is 5. The number of ether oxygens (including phenoxy) is 3. The molecule has 0 spiro atoms. The predicted octanol–water partition coefficient (Wildman–Crippen LogP) is 0.987. The van der Waals surface area contributed by atoms with Gasteiger partial charge in [-0.1, -0.05) is 0 Å². The topological polar surface area (TPSA) is 143 Å². The Morgan fingerprint density at radius 2 is 1.69 bits per heavy atom. The van der Waals surface area contributed by atoms with E-state index < -0.39 is 30.9 Å². The fourth-order valence-corrected chi connectivity index (χ4v) is 4.24. The van der Waals surface area contributed by atoms with Crippen LogP contribution in [0.25, 0.3) is 0 Å². The van der Waals surface area contributed by atoms with Gasteiger partial charge < -0.3 is 29.1 Å². The van der Waals surface area contributed by atoms with E-state index in [9.17, 15) is 24.0 Å². The van der Waals surface area contributed by atoms with Crippen LogP contribution < -0.4 is 4.74 Å². The molecule has 1 aromatic carbocycles. The molecule has 2 aliphatic rings. The van der Waals surface area contributed by atoms with Gasteiger partial charge in [-0.15, -0.1) is 0 Å². The Morgan fingerprint density at radius 3 is 2.28 bits per heavy atom. The molecule has 0 radical (unpaired) electrons. The number of aliphatic carboxylic acids is 1. The van der Waals surface area contributed by atoms with Crippen LogP contribution in [0.3, 0.4) is 0 Å². The summed E-state index contributed by atoms with van der Waals surface area (Å²) in [5.41, 5.74) is 0.412. The highest BCUT2D eigenvalue weighted by atomic mass is 16.7. The SMILES string of the molecule is CC(=O)OC(C)OC(=O)N1CCC(N2CCN(CC(=O)c3ccc(OCC(=O)O)cc3)C(=O)C2)CC1. The molecule has 2 heterocycles. The van der Waals surface area contributed by atoms with Gasteiger partial charge in [0.1, 0.15) is 5.75 Å². The van der Waals surface area contributed by atoms with Crippen molar-refractivity contribution in [3.05, 3.63) is 29.8 Å². The Morgan fingerprint density at radius 1 is 1.03 bits per heavy atom. The van der Waals surface area contributed by atoms with Gasteiger partial charge in [-0.2, -0.15) is 0 Å². The van der Waals surface area contributed by atoms with Crippen LogP contribution in [0, 0.1) is 0 Å². The maximum atomic E-state index is 12.7. The number of Topliss-reactive ketones (excluding diaryl/α,β-unsaturated/α-hetero) is 1. The number of esters is 1. The van der Waals surface area contributed by atoms with Gasteiger partial charge in [-0.05, 0) is 37.1 Å². The molecule has 196 valence electrons. The number of ketones is 1. The molecule has 1 unspecified atom stereocenters. The highest BCUT2D eigenvalue weighted by Crippen LogP contribution is 2.20. The first-order chi connectivity index (χ1) is 17.1. The lowest BCUT2D eigenvalue weighted by Crippen LogP contribution is -2.56. The molecule has 12 nitrogen and oxygen atoms in total. The van der Waals surface area contributed by atoms with Gasteiger partial charge in [0, 0.05) is 51.6 Å². The van der Waals surface area contributed by atoms with E-state index in [1.54, 1.807) is 17.0 Å². The van der Waals surface area contributed by atoms with E-state index in [-0.39, 0.29) is 30.8 Å². The number of carboxylic acid groups (broad SMARTS) is 1. The van der Waals surface area contributed by atoms with Crippen LogP contribution >= 0.6 is 0 Å². The summed E-state index contributed by atoms with van der Waals surface area (Å²) in [6, 6.07) is 6.28. The average molecular weight is 506 g/mol. The maximum Gasteiger partial charge on any atom is 0.412 e. The van der Waals surface area contributed by atoms with Crippen LogP contribution in [0.2, 0.25) is 0 Å². The van der Waals surface area contributed by atoms with Crippen LogP contribution in [0.1, 0.15) is 37.0 Å². The van der Waals surface area contributed by atoms with Crippen molar-refractivity contribution in [2.75, 3.05) is 45.9 Å². The average Bonchev–Trinajstić information content (AvgIpc) is 2.83. The summed E-state index contributed by atoms with van der Waals surface area (Å²) in [7, 11) is 0. The Bertz CT molecular complexity index is 974. The molecule has 12 heteroatoms. The lowest BCUT2D eigenvalue weighted by molar-refractivity contribution is -0.163. The fraction of sp³-hybridized carbons (Fsp3) is 0.542. The van der Waals surface area contributed by atoms with Crippen molar-refractivity contribution in [1.82, 2.24) is 14.7 Å². The first-order valence-electron chi connectivity index (χ1n) is 11.7. The van der Waals surface area contributed by atoms with E-state index in [4.69, 9.17) is 19.3 Å². The first kappa shape index (κ1) is 26.9. The molecule has 2 amide bonds. The highest BCUT2D eigenvalue weighted by molar-refractivity contribution is 5.99. The van der Waals surface area contributed by atoms with Gasteiger partial charge in [0.2, 0.25) is 12.2 Å². The van der Waals surface area contributed by atoms with Crippen molar-refractivity contribution in [3.8, 4) is 5.75 Å². The van der Waals surface area contributed by atoms with Crippen LogP contribution in [-0.2, 0) is 23.9 Å². The minimum Gasteiger partial charge on any atom is -0.482 e. The zero-order chi connectivity index (χ0) is 26.2. The van der Waals surface area contributed by atoms with Crippen LogP contribution in [0.15, 0.2) is 24.3 Å². The number of amides is 2. The molecule has 1 N–H and O–H groups in total. The van der Waals surface area contributed by atoms with Crippen molar-refractivity contribution in [2.24, 2.45) is 0 Å². The monoisotopic (exact) mass is 505 g/mol. The lowest BCUT2D eigenvalue weighted by atomic mass is 10.0. The summed E-state index contributed by atoms with van der Waals surface area (Å²) in [6.07, 6.45) is -0.133. The number of likely N-dealkylation sites (tertiary alicyclic amines) is 1. The number of piperazine rings is 1. The standard InChI is InChI=1S/C24H31N3O9/c1-16(28)35-17(2)36-24(33)25-9-7-19(8-10-25)26-11-12-27(22(30)14-26)13-21(29)18-3-5-20(6-4-18)34-15-23(31)32/h3-6,17,19H,7-15H2,1-2H3,(H,31,32). The van der Waals surface area contributed by atoms with Crippen molar-refractivity contribution in [3.63, 3.8) is 0 Å². The number of rotatable bonds is 9. The number of benzene rings is 1. The number of carboxylic acids is 1. The number of hydrogen-bond acceptors (Lipinski definition) is 9. The molecule has 2 aliphatic heterocycles. The molecular weight excluding hydrogens is 474 g/mol. The third-order valence-corrected chi connectivity index (χ3v) is 6.06. The van der Waals surface area contributed by atoms with E-state index in [1.165, 1.54) is 30.9 Å². The maximum absolute atomic E-state index is 12.7. The Kier molecular flexibility index (Phi) is 9.23. The number of nitrogens with zero attached hydrogens (tertiary/aromatic N) is 3. The molecule has 2 fully saturated rings. The quantitative estimate of drug-likeness (QED) is 0.293. The van der Waals surface area contributed by atoms with E-state index in [0.29, 0.717) is 50.3 Å². The molecule has 2 saturated heterocycles. The zero-order valence-corrected chi connectivity index (χ0v) is 20.4. The molecule has 3 rings (SSSR count). The molecule has 0 saturated carbocycles. The van der Waals surface area contributed by atoms with Crippen LogP contribution in [0.4, 0.5) is 4.79 Å².